The minimum absolute atomic E-state index is 0.129. The Kier molecular flexibility index (Phi) is 7.62. The van der Waals surface area contributed by atoms with Crippen molar-refractivity contribution in [2.24, 2.45) is 0 Å². The molecule has 0 spiro atoms. The fraction of sp³-hybridized carbons (Fsp3) is 0.647. The Hall–Kier alpha value is -1.66. The van der Waals surface area contributed by atoms with Gasteiger partial charge in [0.25, 0.3) is 0 Å². The van der Waals surface area contributed by atoms with E-state index >= 15 is 0 Å². The third-order valence-electron chi connectivity index (χ3n) is 4.50. The topological polar surface area (TPSA) is 158 Å². The third kappa shape index (κ3) is 4.61. The van der Waals surface area contributed by atoms with Crippen LogP contribution in [0, 0.1) is 0 Å². The maximum absolute atomic E-state index is 10.0. The molecule has 1 unspecified atom stereocenters. The first-order valence-electron chi connectivity index (χ1n) is 8.35. The van der Waals surface area contributed by atoms with Crippen LogP contribution in [0.15, 0.2) is 12.1 Å². The Balaban J connectivity index is 2.13. The number of aliphatic hydroxyl groups excluding tert-OH is 5. The summed E-state index contributed by atoms with van der Waals surface area (Å²) < 4.78 is 20.9. The van der Waals surface area contributed by atoms with Crippen molar-refractivity contribution < 1.29 is 49.6 Å². The summed E-state index contributed by atoms with van der Waals surface area (Å²) in [5, 5.41) is 58.5. The summed E-state index contributed by atoms with van der Waals surface area (Å²) in [6.07, 6.45) is -6.97. The second-order valence-electron chi connectivity index (χ2n) is 6.18. The van der Waals surface area contributed by atoms with Gasteiger partial charge in [0.1, 0.15) is 24.4 Å². The van der Waals surface area contributed by atoms with E-state index in [0.717, 1.165) is 0 Å². The highest BCUT2D eigenvalue weighted by Crippen LogP contribution is 2.39. The summed E-state index contributed by atoms with van der Waals surface area (Å²) in [5.41, 5.74) is 0.536. The molecule has 1 fully saturated rings. The van der Waals surface area contributed by atoms with Crippen LogP contribution < -0.4 is 9.47 Å². The van der Waals surface area contributed by atoms with Gasteiger partial charge in [-0.15, -0.1) is 0 Å². The maximum atomic E-state index is 10.0. The molecule has 0 radical (unpaired) electrons. The number of phenols is 1. The normalized spacial score (nSPS) is 29.4. The summed E-state index contributed by atoms with van der Waals surface area (Å²) in [7, 11) is 2.74. The molecule has 0 bridgehead atoms. The lowest BCUT2D eigenvalue weighted by Crippen LogP contribution is -2.59. The minimum Gasteiger partial charge on any atom is -0.502 e. The van der Waals surface area contributed by atoms with E-state index in [-0.39, 0.29) is 30.5 Å². The van der Waals surface area contributed by atoms with Crippen LogP contribution in [0.25, 0.3) is 0 Å². The number of methoxy groups -OCH3 is 2. The number of aromatic hydroxyl groups is 1. The zero-order valence-electron chi connectivity index (χ0n) is 15.1. The van der Waals surface area contributed by atoms with Crippen LogP contribution >= 0.6 is 0 Å². The summed E-state index contributed by atoms with van der Waals surface area (Å²) in [6, 6.07) is 3.02. The van der Waals surface area contributed by atoms with E-state index in [2.05, 4.69) is 0 Å². The molecule has 0 aromatic heterocycles. The van der Waals surface area contributed by atoms with E-state index in [1.165, 1.54) is 26.4 Å². The van der Waals surface area contributed by atoms with Gasteiger partial charge in [0.05, 0.1) is 34.0 Å². The molecule has 2 rings (SSSR count). The minimum atomic E-state index is -1.55. The molecule has 0 saturated carbocycles. The van der Waals surface area contributed by atoms with E-state index in [1.807, 2.05) is 0 Å². The fourth-order valence-corrected chi connectivity index (χ4v) is 2.82. The molecule has 1 saturated heterocycles. The molecule has 1 aromatic carbocycles. The zero-order valence-corrected chi connectivity index (χ0v) is 15.1. The molecular weight excluding hydrogens is 364 g/mol. The number of benzene rings is 1. The van der Waals surface area contributed by atoms with Crippen molar-refractivity contribution in [3.8, 4) is 17.2 Å². The molecule has 1 heterocycles. The summed E-state index contributed by atoms with van der Waals surface area (Å²) in [5.74, 6) is -0.484. The van der Waals surface area contributed by atoms with E-state index in [9.17, 15) is 30.6 Å². The van der Waals surface area contributed by atoms with Gasteiger partial charge in [0, 0.05) is 5.92 Å². The summed E-state index contributed by atoms with van der Waals surface area (Å²) in [4.78, 5) is 0. The zero-order chi connectivity index (χ0) is 20.1. The van der Waals surface area contributed by atoms with Crippen molar-refractivity contribution in [2.75, 3.05) is 34.0 Å². The van der Waals surface area contributed by atoms with Crippen LogP contribution in [0.4, 0.5) is 0 Å². The Morgan fingerprint density at radius 1 is 1.00 bits per heavy atom. The molecule has 6 N–H and O–H groups in total. The van der Waals surface area contributed by atoms with Crippen LogP contribution in [-0.2, 0) is 9.47 Å². The first kappa shape index (κ1) is 21.6. The smallest absolute Gasteiger partial charge is 0.200 e. The Labute approximate surface area is 156 Å². The lowest BCUT2D eigenvalue weighted by atomic mass is 9.98. The van der Waals surface area contributed by atoms with Gasteiger partial charge in [-0.25, -0.2) is 0 Å². The molecule has 0 amide bonds. The maximum Gasteiger partial charge on any atom is 0.200 e. The Morgan fingerprint density at radius 3 is 2.07 bits per heavy atom. The molecule has 1 aliphatic rings. The number of hydrogen-bond donors (Lipinski definition) is 6. The van der Waals surface area contributed by atoms with Crippen LogP contribution in [0.2, 0.25) is 0 Å². The summed E-state index contributed by atoms with van der Waals surface area (Å²) in [6.45, 7) is -1.04. The number of rotatable bonds is 8. The van der Waals surface area contributed by atoms with E-state index in [4.69, 9.17) is 18.9 Å². The average Bonchev–Trinajstić information content (AvgIpc) is 2.68. The van der Waals surface area contributed by atoms with E-state index < -0.39 is 43.2 Å². The van der Waals surface area contributed by atoms with Crippen LogP contribution in [-0.4, -0.2) is 95.4 Å². The van der Waals surface area contributed by atoms with Crippen molar-refractivity contribution in [3.05, 3.63) is 17.7 Å². The van der Waals surface area contributed by atoms with Gasteiger partial charge in [-0.05, 0) is 17.7 Å². The lowest BCUT2D eigenvalue weighted by molar-refractivity contribution is -0.302. The van der Waals surface area contributed by atoms with Crippen molar-refractivity contribution >= 4 is 0 Å². The predicted octanol–water partition coefficient (Wildman–Crippen LogP) is -1.70. The van der Waals surface area contributed by atoms with Crippen molar-refractivity contribution in [1.29, 1.82) is 0 Å². The quantitative estimate of drug-likeness (QED) is 0.302. The highest BCUT2D eigenvalue weighted by Gasteiger charge is 2.44. The second kappa shape index (κ2) is 9.51. The second-order valence-corrected chi connectivity index (χ2v) is 6.18. The van der Waals surface area contributed by atoms with E-state index in [1.54, 1.807) is 0 Å². The molecule has 10 heteroatoms. The van der Waals surface area contributed by atoms with Gasteiger partial charge < -0.3 is 49.6 Å². The molecule has 154 valence electrons. The van der Waals surface area contributed by atoms with Gasteiger partial charge in [0.2, 0.25) is 5.75 Å². The van der Waals surface area contributed by atoms with Gasteiger partial charge in [-0.1, -0.05) is 0 Å². The molecule has 10 nitrogen and oxygen atoms in total. The van der Waals surface area contributed by atoms with Crippen LogP contribution in [0.5, 0.6) is 17.2 Å². The number of hydrogen-bond acceptors (Lipinski definition) is 10. The Morgan fingerprint density at radius 2 is 1.59 bits per heavy atom. The lowest BCUT2D eigenvalue weighted by Gasteiger charge is -2.40. The molecule has 1 aromatic rings. The molecular formula is C17H26O10. The van der Waals surface area contributed by atoms with Gasteiger partial charge in [0.15, 0.2) is 17.8 Å². The fourth-order valence-electron chi connectivity index (χ4n) is 2.82. The van der Waals surface area contributed by atoms with Crippen LogP contribution in [0.3, 0.4) is 0 Å². The molecule has 1 aliphatic heterocycles. The highest BCUT2D eigenvalue weighted by atomic mass is 16.7. The highest BCUT2D eigenvalue weighted by molar-refractivity contribution is 5.53. The molecule has 6 atom stereocenters. The predicted molar refractivity (Wildman–Crippen MR) is 90.8 cm³/mol. The van der Waals surface area contributed by atoms with Gasteiger partial charge in [-0.2, -0.15) is 0 Å². The third-order valence-corrected chi connectivity index (χ3v) is 4.50. The SMILES string of the molecule is COc1cc(C(CO)CO[C@@H]2O[C@H](CO)[C@@H](O)[C@H](O)[C@H]2O)cc(OC)c1O. The van der Waals surface area contributed by atoms with Crippen molar-refractivity contribution in [1.82, 2.24) is 0 Å². The van der Waals surface area contributed by atoms with Crippen molar-refractivity contribution in [3.63, 3.8) is 0 Å². The standard InChI is InChI=1S/C17H26O10/c1-24-10-3-8(4-11(25-2)13(10)20)9(5-18)7-26-17-16(23)15(22)14(21)12(6-19)27-17/h3-4,9,12,14-23H,5-7H2,1-2H3/t9?,12-,14-,15+,16-,17-/m1/s1. The first-order valence-corrected chi connectivity index (χ1v) is 8.35. The first-order chi connectivity index (χ1) is 12.9. The number of phenolic OH excluding ortho intramolecular Hbond substituents is 1. The monoisotopic (exact) mass is 390 g/mol. The largest absolute Gasteiger partial charge is 0.502 e. The molecule has 0 aliphatic carbocycles. The van der Waals surface area contributed by atoms with Gasteiger partial charge in [-0.3, -0.25) is 0 Å². The van der Waals surface area contributed by atoms with Gasteiger partial charge >= 0.3 is 0 Å². The molecule has 27 heavy (non-hydrogen) atoms. The number of ether oxygens (including phenoxy) is 4. The Bertz CT molecular complexity index is 582. The summed E-state index contributed by atoms with van der Waals surface area (Å²) >= 11 is 0. The van der Waals surface area contributed by atoms with Crippen LogP contribution in [0.1, 0.15) is 11.5 Å². The van der Waals surface area contributed by atoms with Crippen molar-refractivity contribution in [2.45, 2.75) is 36.6 Å². The van der Waals surface area contributed by atoms with E-state index in [0.29, 0.717) is 5.56 Å². The number of aliphatic hydroxyl groups is 5. The average molecular weight is 390 g/mol.